The summed E-state index contributed by atoms with van der Waals surface area (Å²) in [6, 6.07) is 13.4. The maximum atomic E-state index is 12.9. The fourth-order valence-corrected chi connectivity index (χ4v) is 3.54. The number of nitrogens with zero attached hydrogens (tertiary/aromatic N) is 3. The fraction of sp³-hybridized carbons (Fsp3) is 0.292. The zero-order valence-corrected chi connectivity index (χ0v) is 20.2. The van der Waals surface area contributed by atoms with E-state index in [0.717, 1.165) is 44.8 Å². The van der Waals surface area contributed by atoms with Gasteiger partial charge in [-0.2, -0.15) is 5.10 Å². The molecule has 162 valence electrons. The summed E-state index contributed by atoms with van der Waals surface area (Å²) < 4.78 is 2.95. The number of benzene rings is 2. The maximum Gasteiger partial charge on any atom is 0.257 e. The minimum Gasteiger partial charge on any atom is -0.326 e. The lowest BCUT2D eigenvalue weighted by Crippen LogP contribution is -2.36. The molecule has 0 atom stereocenters. The summed E-state index contributed by atoms with van der Waals surface area (Å²) in [6.07, 6.45) is 0. The summed E-state index contributed by atoms with van der Waals surface area (Å²) in [7, 11) is 0. The number of rotatable bonds is 5. The molecular weight excluding hydrogens is 454 g/mol. The second-order valence-electron chi connectivity index (χ2n) is 7.52. The molecule has 0 radical (unpaired) electrons. The average molecular weight is 482 g/mol. The van der Waals surface area contributed by atoms with Gasteiger partial charge in [0.25, 0.3) is 5.91 Å². The monoisotopic (exact) mass is 481 g/mol. The van der Waals surface area contributed by atoms with Crippen LogP contribution in [0.1, 0.15) is 45.4 Å². The number of carbonyl (C=O) groups is 1. The second kappa shape index (κ2) is 9.92. The molecule has 3 aromatic rings. The smallest absolute Gasteiger partial charge is 0.257 e. The molecule has 0 saturated carbocycles. The van der Waals surface area contributed by atoms with E-state index >= 15 is 0 Å². The van der Waals surface area contributed by atoms with Crippen molar-refractivity contribution in [2.24, 2.45) is 4.99 Å². The number of guanidine groups is 1. The molecule has 1 heterocycles. The van der Waals surface area contributed by atoms with Crippen molar-refractivity contribution in [3.8, 4) is 0 Å². The molecule has 0 saturated heterocycles. The van der Waals surface area contributed by atoms with Crippen molar-refractivity contribution in [3.63, 3.8) is 0 Å². The first-order chi connectivity index (χ1) is 14.8. The van der Waals surface area contributed by atoms with Gasteiger partial charge in [-0.05, 0) is 82.1 Å². The van der Waals surface area contributed by atoms with Gasteiger partial charge < -0.3 is 5.32 Å². The topological polar surface area (TPSA) is 71.3 Å². The Morgan fingerprint density at radius 2 is 1.77 bits per heavy atom. The average Bonchev–Trinajstić information content (AvgIpc) is 3.02. The van der Waals surface area contributed by atoms with Crippen LogP contribution in [-0.4, -0.2) is 21.6 Å². The summed E-state index contributed by atoms with van der Waals surface area (Å²) in [5.74, 6) is 0.192. The Bertz CT molecular complexity index is 1120. The summed E-state index contributed by atoms with van der Waals surface area (Å²) in [5.41, 5.74) is 6.76. The van der Waals surface area contributed by atoms with E-state index in [1.807, 2.05) is 74.8 Å². The molecule has 0 aliphatic heterocycles. The maximum absolute atomic E-state index is 12.9. The Balaban J connectivity index is 1.87. The minimum atomic E-state index is -0.204. The number of aryl methyl sites for hydroxylation is 4. The third kappa shape index (κ3) is 5.61. The van der Waals surface area contributed by atoms with Gasteiger partial charge in [-0.3, -0.25) is 14.8 Å². The Kier molecular flexibility index (Phi) is 7.28. The Labute approximate surface area is 191 Å². The van der Waals surface area contributed by atoms with Gasteiger partial charge in [0.2, 0.25) is 5.96 Å². The van der Waals surface area contributed by atoms with Crippen molar-refractivity contribution in [2.45, 2.75) is 47.7 Å². The Hall–Kier alpha value is -2.93. The zero-order valence-electron chi connectivity index (χ0n) is 18.6. The van der Waals surface area contributed by atoms with Crippen LogP contribution in [0.4, 0.5) is 5.69 Å². The first-order valence-corrected chi connectivity index (χ1v) is 11.1. The van der Waals surface area contributed by atoms with Crippen LogP contribution < -0.4 is 10.6 Å². The molecule has 6 nitrogen and oxygen atoms in total. The van der Waals surface area contributed by atoms with Gasteiger partial charge in [-0.25, -0.2) is 4.99 Å². The summed E-state index contributed by atoms with van der Waals surface area (Å²) in [5, 5.41) is 10.7. The van der Waals surface area contributed by atoms with E-state index in [1.165, 1.54) is 0 Å². The van der Waals surface area contributed by atoms with Crippen molar-refractivity contribution in [1.82, 2.24) is 15.1 Å². The molecule has 7 heteroatoms. The highest BCUT2D eigenvalue weighted by Crippen LogP contribution is 2.16. The van der Waals surface area contributed by atoms with Crippen LogP contribution in [0.3, 0.4) is 0 Å². The van der Waals surface area contributed by atoms with E-state index in [0.29, 0.717) is 18.1 Å². The third-order valence-corrected chi connectivity index (χ3v) is 5.86. The molecular formula is C24H28BrN5O. The Morgan fingerprint density at radius 1 is 1.06 bits per heavy atom. The van der Waals surface area contributed by atoms with Crippen LogP contribution in [0, 0.1) is 27.7 Å². The molecule has 3 rings (SSSR count). The van der Waals surface area contributed by atoms with Gasteiger partial charge in [0.05, 0.1) is 12.2 Å². The van der Waals surface area contributed by atoms with Crippen molar-refractivity contribution in [1.29, 1.82) is 0 Å². The quantitative estimate of drug-likeness (QED) is 0.383. The first-order valence-electron chi connectivity index (χ1n) is 10.3. The second-order valence-corrected chi connectivity index (χ2v) is 8.43. The molecule has 1 aromatic heterocycles. The van der Waals surface area contributed by atoms with Crippen LogP contribution in [-0.2, 0) is 13.1 Å². The number of aliphatic imine (C=N–C) groups is 1. The molecule has 0 unspecified atom stereocenters. The summed E-state index contributed by atoms with van der Waals surface area (Å²) in [6.45, 7) is 11.4. The standard InChI is InChI=1S/C24H28BrN5O/c1-6-30-18(5)22(17(4)29-30)14-26-24(27-21-11-9-20(25)10-12-21)28-23(31)19-8-7-15(2)16(3)13-19/h7-13H,6,14H2,1-5H3,(H2,26,27,28,31). The van der Waals surface area contributed by atoms with Crippen molar-refractivity contribution in [3.05, 3.63) is 80.6 Å². The highest BCUT2D eigenvalue weighted by molar-refractivity contribution is 9.10. The normalized spacial score (nSPS) is 11.5. The fourth-order valence-electron chi connectivity index (χ4n) is 3.27. The number of anilines is 1. The van der Waals surface area contributed by atoms with Gasteiger partial charge >= 0.3 is 0 Å². The number of aromatic nitrogens is 2. The van der Waals surface area contributed by atoms with E-state index in [4.69, 9.17) is 4.99 Å². The SMILES string of the molecule is CCn1nc(C)c(CN=C(NC(=O)c2ccc(C)c(C)c2)Nc2ccc(Br)cc2)c1C. The van der Waals surface area contributed by atoms with Gasteiger partial charge in [-0.1, -0.05) is 22.0 Å². The lowest BCUT2D eigenvalue weighted by Gasteiger charge is -2.13. The lowest BCUT2D eigenvalue weighted by atomic mass is 10.1. The largest absolute Gasteiger partial charge is 0.326 e. The van der Waals surface area contributed by atoms with E-state index in [-0.39, 0.29) is 5.91 Å². The van der Waals surface area contributed by atoms with Gasteiger partial charge in [0, 0.05) is 33.5 Å². The Morgan fingerprint density at radius 3 is 2.39 bits per heavy atom. The van der Waals surface area contributed by atoms with E-state index in [1.54, 1.807) is 0 Å². The highest BCUT2D eigenvalue weighted by Gasteiger charge is 2.13. The summed E-state index contributed by atoms with van der Waals surface area (Å²) in [4.78, 5) is 17.6. The van der Waals surface area contributed by atoms with Crippen molar-refractivity contribution < 1.29 is 4.79 Å². The molecule has 0 aliphatic rings. The molecule has 0 bridgehead atoms. The zero-order chi connectivity index (χ0) is 22.5. The number of amides is 1. The number of carbonyl (C=O) groups excluding carboxylic acids is 1. The van der Waals surface area contributed by atoms with Crippen LogP contribution in [0.25, 0.3) is 0 Å². The summed E-state index contributed by atoms with van der Waals surface area (Å²) >= 11 is 3.44. The van der Waals surface area contributed by atoms with Crippen LogP contribution in [0.2, 0.25) is 0 Å². The molecule has 1 amide bonds. The van der Waals surface area contributed by atoms with E-state index in [9.17, 15) is 4.79 Å². The number of hydrogen-bond acceptors (Lipinski definition) is 3. The van der Waals surface area contributed by atoms with Crippen molar-refractivity contribution in [2.75, 3.05) is 5.32 Å². The highest BCUT2D eigenvalue weighted by atomic mass is 79.9. The number of hydrogen-bond donors (Lipinski definition) is 2. The van der Waals surface area contributed by atoms with E-state index in [2.05, 4.69) is 38.6 Å². The third-order valence-electron chi connectivity index (χ3n) is 5.33. The van der Waals surface area contributed by atoms with Crippen LogP contribution in [0.15, 0.2) is 51.9 Å². The molecule has 0 fully saturated rings. The molecule has 0 spiro atoms. The molecule has 31 heavy (non-hydrogen) atoms. The van der Waals surface area contributed by atoms with Gasteiger partial charge in [-0.15, -0.1) is 0 Å². The minimum absolute atomic E-state index is 0.204. The predicted octanol–water partition coefficient (Wildman–Crippen LogP) is 5.30. The lowest BCUT2D eigenvalue weighted by molar-refractivity contribution is 0.0977. The number of halogens is 1. The van der Waals surface area contributed by atoms with Gasteiger partial charge in [0.15, 0.2) is 0 Å². The van der Waals surface area contributed by atoms with E-state index < -0.39 is 0 Å². The molecule has 2 N–H and O–H groups in total. The van der Waals surface area contributed by atoms with Crippen LogP contribution >= 0.6 is 15.9 Å². The molecule has 0 aliphatic carbocycles. The number of nitrogens with one attached hydrogen (secondary N) is 2. The van der Waals surface area contributed by atoms with Crippen LogP contribution in [0.5, 0.6) is 0 Å². The predicted molar refractivity (Wildman–Crippen MR) is 130 cm³/mol. The first kappa shape index (κ1) is 22.7. The van der Waals surface area contributed by atoms with Crippen molar-refractivity contribution >= 4 is 33.5 Å². The molecule has 2 aromatic carbocycles. The van der Waals surface area contributed by atoms with Gasteiger partial charge in [0.1, 0.15) is 0 Å².